The van der Waals surface area contributed by atoms with E-state index in [4.69, 9.17) is 0 Å². The number of nitrogens with zero attached hydrogens (tertiary/aromatic N) is 1. The molecule has 1 N–H and O–H groups in total. The summed E-state index contributed by atoms with van der Waals surface area (Å²) in [5, 5.41) is 10.2. The van der Waals surface area contributed by atoms with E-state index in [2.05, 4.69) is 46.4 Å². The summed E-state index contributed by atoms with van der Waals surface area (Å²) in [6.07, 6.45) is 3.23. The Labute approximate surface area is 108 Å². The van der Waals surface area contributed by atoms with Crippen LogP contribution in [0, 0.1) is 11.8 Å². The topological polar surface area (TPSA) is 23.5 Å². The Morgan fingerprint density at radius 2 is 1.41 bits per heavy atom. The smallest absolute Gasteiger partial charge is 0.0692 e. The Bertz CT molecular complexity index is 178. The summed E-state index contributed by atoms with van der Waals surface area (Å²) in [5.41, 5.74) is 0. The number of hydrogen-bond donors (Lipinski definition) is 1. The number of hydrogen-bond acceptors (Lipinski definition) is 2. The minimum atomic E-state index is -0.181. The first kappa shape index (κ1) is 16.9. The van der Waals surface area contributed by atoms with Crippen molar-refractivity contribution < 1.29 is 5.11 Å². The van der Waals surface area contributed by atoms with Crippen molar-refractivity contribution in [2.45, 2.75) is 73.0 Å². The summed E-state index contributed by atoms with van der Waals surface area (Å²) in [6, 6.07) is 0.621. The number of rotatable bonds is 9. The third-order valence-electron chi connectivity index (χ3n) is 3.78. The van der Waals surface area contributed by atoms with Gasteiger partial charge in [0.2, 0.25) is 0 Å². The highest BCUT2D eigenvalue weighted by Crippen LogP contribution is 2.15. The second-order valence-corrected chi connectivity index (χ2v) is 5.77. The van der Waals surface area contributed by atoms with Gasteiger partial charge >= 0.3 is 0 Å². The molecule has 0 saturated heterocycles. The molecule has 0 fully saturated rings. The van der Waals surface area contributed by atoms with Crippen LogP contribution in [0.25, 0.3) is 0 Å². The fraction of sp³-hybridized carbons (Fsp3) is 1.00. The average molecular weight is 243 g/mol. The molecule has 0 aromatic heterocycles. The summed E-state index contributed by atoms with van der Waals surface area (Å²) in [6.45, 7) is 15.2. The van der Waals surface area contributed by atoms with E-state index < -0.39 is 0 Å². The van der Waals surface area contributed by atoms with Gasteiger partial charge in [0.05, 0.1) is 6.10 Å². The zero-order valence-electron chi connectivity index (χ0n) is 12.7. The summed E-state index contributed by atoms with van der Waals surface area (Å²) in [7, 11) is 0. The maximum absolute atomic E-state index is 10.2. The lowest BCUT2D eigenvalue weighted by Gasteiger charge is -2.34. The SMILES string of the molecule is CCC(C)C(O)CN(CC(C)C)C(CC)CC. The third-order valence-corrected chi connectivity index (χ3v) is 3.78. The normalized spacial score (nSPS) is 15.9. The van der Waals surface area contributed by atoms with Crippen LogP contribution < -0.4 is 0 Å². The zero-order chi connectivity index (χ0) is 13.4. The maximum atomic E-state index is 10.2. The van der Waals surface area contributed by atoms with Crippen molar-refractivity contribution in [3.8, 4) is 0 Å². The molecule has 0 aromatic carbocycles. The van der Waals surface area contributed by atoms with Crippen molar-refractivity contribution in [3.05, 3.63) is 0 Å². The van der Waals surface area contributed by atoms with E-state index >= 15 is 0 Å². The first-order chi connectivity index (χ1) is 7.96. The van der Waals surface area contributed by atoms with Crippen LogP contribution in [0.4, 0.5) is 0 Å². The molecule has 0 aliphatic rings. The molecule has 17 heavy (non-hydrogen) atoms. The Morgan fingerprint density at radius 3 is 1.76 bits per heavy atom. The molecule has 104 valence electrons. The molecule has 0 saturated carbocycles. The largest absolute Gasteiger partial charge is 0.392 e. The van der Waals surface area contributed by atoms with Crippen LogP contribution in [0.1, 0.15) is 60.8 Å². The number of aliphatic hydroxyl groups excluding tert-OH is 1. The fourth-order valence-corrected chi connectivity index (χ4v) is 2.34. The molecule has 0 spiro atoms. The van der Waals surface area contributed by atoms with Crippen LogP contribution in [-0.2, 0) is 0 Å². The molecule has 0 radical (unpaired) electrons. The fourth-order valence-electron chi connectivity index (χ4n) is 2.34. The van der Waals surface area contributed by atoms with Gasteiger partial charge in [-0.2, -0.15) is 0 Å². The Morgan fingerprint density at radius 1 is 0.882 bits per heavy atom. The van der Waals surface area contributed by atoms with Crippen LogP contribution in [0.15, 0.2) is 0 Å². The van der Waals surface area contributed by atoms with Gasteiger partial charge in [-0.1, -0.05) is 48.0 Å². The predicted molar refractivity (Wildman–Crippen MR) is 76.2 cm³/mol. The summed E-state index contributed by atoms with van der Waals surface area (Å²) < 4.78 is 0. The highest BCUT2D eigenvalue weighted by Gasteiger charge is 2.21. The van der Waals surface area contributed by atoms with Gasteiger partial charge in [0.15, 0.2) is 0 Å². The molecule has 0 aliphatic heterocycles. The van der Waals surface area contributed by atoms with E-state index in [1.807, 2.05) is 0 Å². The second-order valence-electron chi connectivity index (χ2n) is 5.77. The molecule has 0 aliphatic carbocycles. The van der Waals surface area contributed by atoms with Crippen molar-refractivity contribution >= 4 is 0 Å². The van der Waals surface area contributed by atoms with E-state index in [1.54, 1.807) is 0 Å². The minimum absolute atomic E-state index is 0.181. The van der Waals surface area contributed by atoms with Gasteiger partial charge in [0.1, 0.15) is 0 Å². The van der Waals surface area contributed by atoms with E-state index in [0.717, 1.165) is 19.5 Å². The quantitative estimate of drug-likeness (QED) is 0.669. The van der Waals surface area contributed by atoms with E-state index in [0.29, 0.717) is 17.9 Å². The van der Waals surface area contributed by atoms with Crippen LogP contribution in [0.3, 0.4) is 0 Å². The molecule has 0 heterocycles. The molecule has 0 rings (SSSR count). The van der Waals surface area contributed by atoms with Crippen molar-refractivity contribution in [1.29, 1.82) is 0 Å². The molecule has 2 atom stereocenters. The van der Waals surface area contributed by atoms with Gasteiger partial charge in [-0.15, -0.1) is 0 Å². The summed E-state index contributed by atoms with van der Waals surface area (Å²) in [5.74, 6) is 1.07. The lowest BCUT2D eigenvalue weighted by Crippen LogP contribution is -2.43. The van der Waals surface area contributed by atoms with Crippen LogP contribution in [0.2, 0.25) is 0 Å². The first-order valence-electron chi connectivity index (χ1n) is 7.38. The van der Waals surface area contributed by atoms with Gasteiger partial charge in [-0.3, -0.25) is 4.90 Å². The van der Waals surface area contributed by atoms with Crippen LogP contribution in [0.5, 0.6) is 0 Å². The highest BCUT2D eigenvalue weighted by atomic mass is 16.3. The van der Waals surface area contributed by atoms with Gasteiger partial charge in [0.25, 0.3) is 0 Å². The Hall–Kier alpha value is -0.0800. The molecule has 0 aromatic rings. The first-order valence-corrected chi connectivity index (χ1v) is 7.38. The minimum Gasteiger partial charge on any atom is -0.392 e. The predicted octanol–water partition coefficient (Wildman–Crippen LogP) is 3.54. The van der Waals surface area contributed by atoms with Gasteiger partial charge < -0.3 is 5.11 Å². The van der Waals surface area contributed by atoms with E-state index in [9.17, 15) is 5.11 Å². The van der Waals surface area contributed by atoms with Crippen LogP contribution in [-0.4, -0.2) is 35.2 Å². The molecule has 2 unspecified atom stereocenters. The standard InChI is InChI=1S/C15H33NO/c1-7-13(6)15(17)11-16(10-12(4)5)14(8-2)9-3/h12-15,17H,7-11H2,1-6H3. The molecular weight excluding hydrogens is 210 g/mol. The van der Waals surface area contributed by atoms with Gasteiger partial charge in [-0.25, -0.2) is 0 Å². The van der Waals surface area contributed by atoms with Gasteiger partial charge in [-0.05, 0) is 24.7 Å². The monoisotopic (exact) mass is 243 g/mol. The third kappa shape index (κ3) is 6.42. The Kier molecular flexibility index (Phi) is 8.89. The lowest BCUT2D eigenvalue weighted by atomic mass is 9.99. The van der Waals surface area contributed by atoms with Crippen LogP contribution >= 0.6 is 0 Å². The summed E-state index contributed by atoms with van der Waals surface area (Å²) in [4.78, 5) is 2.49. The highest BCUT2D eigenvalue weighted by molar-refractivity contribution is 4.75. The maximum Gasteiger partial charge on any atom is 0.0692 e. The molecule has 0 bridgehead atoms. The van der Waals surface area contributed by atoms with E-state index in [-0.39, 0.29) is 6.10 Å². The molecule has 2 nitrogen and oxygen atoms in total. The van der Waals surface area contributed by atoms with Gasteiger partial charge in [0, 0.05) is 19.1 Å². The summed E-state index contributed by atoms with van der Waals surface area (Å²) >= 11 is 0. The van der Waals surface area contributed by atoms with E-state index in [1.165, 1.54) is 12.8 Å². The molecule has 2 heteroatoms. The average Bonchev–Trinajstić information content (AvgIpc) is 2.28. The van der Waals surface area contributed by atoms with Crippen molar-refractivity contribution in [3.63, 3.8) is 0 Å². The molecular formula is C15H33NO. The second kappa shape index (κ2) is 8.93. The van der Waals surface area contributed by atoms with Crippen molar-refractivity contribution in [1.82, 2.24) is 4.90 Å². The number of aliphatic hydroxyl groups is 1. The Balaban J connectivity index is 4.46. The molecule has 0 amide bonds. The van der Waals surface area contributed by atoms with Crippen molar-refractivity contribution in [2.75, 3.05) is 13.1 Å². The zero-order valence-corrected chi connectivity index (χ0v) is 12.7. The lowest BCUT2D eigenvalue weighted by molar-refractivity contribution is 0.0430. The van der Waals surface area contributed by atoms with Crippen molar-refractivity contribution in [2.24, 2.45) is 11.8 Å².